The molecule has 0 rings (SSSR count). The predicted octanol–water partition coefficient (Wildman–Crippen LogP) is 2.06. The van der Waals surface area contributed by atoms with Gasteiger partial charge >= 0.3 is 0 Å². The van der Waals surface area contributed by atoms with Crippen molar-refractivity contribution < 1.29 is 25.2 Å². The maximum absolute atomic E-state index is 11.6. The zero-order valence-electron chi connectivity index (χ0n) is 12.7. The summed E-state index contributed by atoms with van der Waals surface area (Å²) < 4.78 is 56.3. The van der Waals surface area contributed by atoms with Gasteiger partial charge in [0, 0.05) is 0 Å². The zero-order valence-corrected chi connectivity index (χ0v) is 14.3. The van der Waals surface area contributed by atoms with Crippen LogP contribution in [0.3, 0.4) is 0 Å². The van der Waals surface area contributed by atoms with Crippen LogP contribution in [0.15, 0.2) is 0 Å². The molecule has 0 aromatic heterocycles. The molecule has 0 aliphatic heterocycles. The van der Waals surface area contributed by atoms with E-state index in [2.05, 4.69) is 0 Å². The minimum atomic E-state index is -3.64. The Labute approximate surface area is 123 Å². The van der Waals surface area contributed by atoms with Crippen LogP contribution in [0.2, 0.25) is 0 Å². The lowest BCUT2D eigenvalue weighted by Gasteiger charge is -2.20. The molecule has 122 valence electrons. The van der Waals surface area contributed by atoms with Crippen LogP contribution in [0.25, 0.3) is 0 Å². The lowest BCUT2D eigenvalue weighted by molar-refractivity contribution is 0.0871. The van der Waals surface area contributed by atoms with Gasteiger partial charge in [0.15, 0.2) is 0 Å². The molecule has 0 spiro atoms. The maximum atomic E-state index is 11.6. The van der Waals surface area contributed by atoms with Gasteiger partial charge in [0.2, 0.25) is 0 Å². The van der Waals surface area contributed by atoms with E-state index in [1.165, 1.54) is 13.8 Å². The summed E-state index contributed by atoms with van der Waals surface area (Å²) in [6.45, 7) is 6.74. The van der Waals surface area contributed by atoms with Crippen LogP contribution in [0.5, 0.6) is 0 Å². The molecule has 0 amide bonds. The Morgan fingerprint density at radius 2 is 1.05 bits per heavy atom. The van der Waals surface area contributed by atoms with Crippen LogP contribution in [0.1, 0.15) is 53.4 Å². The van der Waals surface area contributed by atoms with E-state index in [0.717, 1.165) is 12.8 Å². The van der Waals surface area contributed by atoms with Crippen molar-refractivity contribution in [2.45, 2.75) is 65.6 Å². The summed E-state index contributed by atoms with van der Waals surface area (Å²) in [6.07, 6.45) is 0.836. The van der Waals surface area contributed by atoms with E-state index in [1.807, 2.05) is 13.8 Å². The minimum absolute atomic E-state index is 0.0663. The summed E-state index contributed by atoms with van der Waals surface area (Å²) in [7, 11) is -7.27. The molecule has 0 heterocycles. The van der Waals surface area contributed by atoms with Crippen molar-refractivity contribution >= 4 is 20.2 Å². The fraction of sp³-hybridized carbons (Fsp3) is 1.00. The molecule has 0 aliphatic carbocycles. The first-order valence-corrected chi connectivity index (χ1v) is 10.1. The van der Waals surface area contributed by atoms with Gasteiger partial charge in [-0.15, -0.1) is 0 Å². The second-order valence-electron chi connectivity index (χ2n) is 4.83. The van der Waals surface area contributed by atoms with Crippen LogP contribution in [-0.2, 0) is 28.6 Å². The van der Waals surface area contributed by atoms with Gasteiger partial charge in [0.25, 0.3) is 20.2 Å². The molecule has 6 nitrogen and oxygen atoms in total. The SMILES string of the molecule is CCCCS(=O)(=O)OC(C)C(C)OS(=O)(=O)CCCC. The number of hydrogen-bond donors (Lipinski definition) is 0. The molecule has 0 aromatic carbocycles. The molecular weight excluding hydrogens is 304 g/mol. The highest BCUT2D eigenvalue weighted by Gasteiger charge is 2.25. The third-order valence-electron chi connectivity index (χ3n) is 2.75. The van der Waals surface area contributed by atoms with E-state index in [-0.39, 0.29) is 11.5 Å². The molecule has 2 unspecified atom stereocenters. The van der Waals surface area contributed by atoms with Gasteiger partial charge in [-0.3, -0.25) is 8.37 Å². The molecule has 0 radical (unpaired) electrons. The predicted molar refractivity (Wildman–Crippen MR) is 78.5 cm³/mol. The van der Waals surface area contributed by atoms with Crippen LogP contribution >= 0.6 is 0 Å². The van der Waals surface area contributed by atoms with Gasteiger partial charge in [0.05, 0.1) is 11.5 Å². The molecule has 0 saturated heterocycles. The van der Waals surface area contributed by atoms with Crippen LogP contribution in [0, 0.1) is 0 Å². The average Bonchev–Trinajstić information content (AvgIpc) is 2.33. The highest BCUT2D eigenvalue weighted by atomic mass is 32.2. The van der Waals surface area contributed by atoms with Crippen molar-refractivity contribution in [3.8, 4) is 0 Å². The Hall–Kier alpha value is -0.180. The van der Waals surface area contributed by atoms with E-state index in [1.54, 1.807) is 0 Å². The molecule has 20 heavy (non-hydrogen) atoms. The molecule has 0 aliphatic rings. The topological polar surface area (TPSA) is 86.7 Å². The van der Waals surface area contributed by atoms with Gasteiger partial charge in [0.1, 0.15) is 12.2 Å². The van der Waals surface area contributed by atoms with Crippen molar-refractivity contribution in [1.29, 1.82) is 0 Å². The van der Waals surface area contributed by atoms with E-state index in [0.29, 0.717) is 12.8 Å². The number of unbranched alkanes of at least 4 members (excludes halogenated alkanes) is 2. The van der Waals surface area contributed by atoms with Gasteiger partial charge in [-0.2, -0.15) is 16.8 Å². The standard InChI is InChI=1S/C12H26O6S2/c1-5-7-9-19(13,14)17-11(3)12(4)18-20(15,16)10-8-6-2/h11-12H,5-10H2,1-4H3. The highest BCUT2D eigenvalue weighted by molar-refractivity contribution is 7.87. The van der Waals surface area contributed by atoms with Gasteiger partial charge < -0.3 is 0 Å². The molecular formula is C12H26O6S2. The van der Waals surface area contributed by atoms with Crippen LogP contribution < -0.4 is 0 Å². The zero-order chi connectivity index (χ0) is 15.8. The summed E-state index contributed by atoms with van der Waals surface area (Å²) in [5, 5.41) is 0. The average molecular weight is 330 g/mol. The van der Waals surface area contributed by atoms with Crippen molar-refractivity contribution in [2.24, 2.45) is 0 Å². The molecule has 0 saturated carbocycles. The van der Waals surface area contributed by atoms with Gasteiger partial charge in [-0.25, -0.2) is 0 Å². The Morgan fingerprint density at radius 3 is 1.30 bits per heavy atom. The number of hydrogen-bond acceptors (Lipinski definition) is 6. The normalized spacial score (nSPS) is 16.0. The van der Waals surface area contributed by atoms with Gasteiger partial charge in [-0.1, -0.05) is 26.7 Å². The molecule has 8 heteroatoms. The quantitative estimate of drug-likeness (QED) is 0.539. The lowest BCUT2D eigenvalue weighted by Crippen LogP contribution is -2.32. The largest absolute Gasteiger partial charge is 0.267 e. The smallest absolute Gasteiger partial charge is 0.264 e. The molecule has 0 bridgehead atoms. The Bertz CT molecular complexity index is 410. The van der Waals surface area contributed by atoms with Gasteiger partial charge in [-0.05, 0) is 26.7 Å². The number of rotatable bonds is 11. The molecule has 0 aromatic rings. The fourth-order valence-corrected chi connectivity index (χ4v) is 4.07. The Morgan fingerprint density at radius 1 is 0.750 bits per heavy atom. The fourth-order valence-electron chi connectivity index (χ4n) is 1.36. The van der Waals surface area contributed by atoms with Crippen molar-refractivity contribution in [3.63, 3.8) is 0 Å². The van der Waals surface area contributed by atoms with E-state index >= 15 is 0 Å². The maximum Gasteiger partial charge on any atom is 0.267 e. The molecule has 0 N–H and O–H groups in total. The van der Waals surface area contributed by atoms with Crippen molar-refractivity contribution in [3.05, 3.63) is 0 Å². The third kappa shape index (κ3) is 8.89. The molecule has 0 fully saturated rings. The summed E-state index contributed by atoms with van der Waals surface area (Å²) in [4.78, 5) is 0. The van der Waals surface area contributed by atoms with E-state index < -0.39 is 32.4 Å². The van der Waals surface area contributed by atoms with Crippen LogP contribution in [0.4, 0.5) is 0 Å². The third-order valence-corrected chi connectivity index (χ3v) is 5.52. The lowest BCUT2D eigenvalue weighted by atomic mass is 10.3. The summed E-state index contributed by atoms with van der Waals surface area (Å²) in [5.41, 5.74) is 0. The van der Waals surface area contributed by atoms with Crippen molar-refractivity contribution in [2.75, 3.05) is 11.5 Å². The van der Waals surface area contributed by atoms with E-state index in [4.69, 9.17) is 8.37 Å². The first kappa shape index (κ1) is 19.8. The second-order valence-corrected chi connectivity index (χ2v) is 8.27. The molecule has 2 atom stereocenters. The highest BCUT2D eigenvalue weighted by Crippen LogP contribution is 2.12. The van der Waals surface area contributed by atoms with Crippen LogP contribution in [-0.4, -0.2) is 40.5 Å². The summed E-state index contributed by atoms with van der Waals surface area (Å²) >= 11 is 0. The Kier molecular flexibility index (Phi) is 8.88. The first-order chi connectivity index (χ1) is 9.13. The first-order valence-electron chi connectivity index (χ1n) is 6.95. The monoisotopic (exact) mass is 330 g/mol. The van der Waals surface area contributed by atoms with Crippen molar-refractivity contribution in [1.82, 2.24) is 0 Å². The minimum Gasteiger partial charge on any atom is -0.264 e. The second kappa shape index (κ2) is 8.96. The van der Waals surface area contributed by atoms with E-state index in [9.17, 15) is 16.8 Å². The summed E-state index contributed by atoms with van der Waals surface area (Å²) in [6, 6.07) is 0. The summed E-state index contributed by atoms with van der Waals surface area (Å²) in [5.74, 6) is -0.133. The Balaban J connectivity index is 4.45.